The maximum Gasteiger partial charge on any atom is 0.418 e. The number of nitrogens with two attached hydrogens (primary N) is 1. The molecule has 174 valence electrons. The first kappa shape index (κ1) is 22.9. The maximum absolute atomic E-state index is 13.5. The van der Waals surface area contributed by atoms with Crippen LogP contribution in [-0.4, -0.2) is 25.8 Å². The van der Waals surface area contributed by atoms with Crippen molar-refractivity contribution in [3.05, 3.63) is 71.7 Å². The number of nitrogens with zero attached hydrogens (tertiary/aromatic N) is 4. The van der Waals surface area contributed by atoms with Gasteiger partial charge in [-0.25, -0.2) is 19.9 Å². The van der Waals surface area contributed by atoms with Gasteiger partial charge in [0.05, 0.1) is 22.5 Å². The summed E-state index contributed by atoms with van der Waals surface area (Å²) in [5, 5.41) is 3.18. The number of fused-ring (bicyclic) bond motifs is 1. The molecule has 0 radical (unpaired) electrons. The van der Waals surface area contributed by atoms with E-state index in [9.17, 15) is 31.1 Å². The number of carbonyl (C=O) groups excluding carboxylic acids is 1. The van der Waals surface area contributed by atoms with Crippen molar-refractivity contribution in [3.63, 3.8) is 0 Å². The summed E-state index contributed by atoms with van der Waals surface area (Å²) in [4.78, 5) is 27.1. The summed E-state index contributed by atoms with van der Waals surface area (Å²) in [6.45, 7) is 0. The van der Waals surface area contributed by atoms with E-state index in [2.05, 4.69) is 25.3 Å². The third kappa shape index (κ3) is 4.58. The van der Waals surface area contributed by atoms with Crippen LogP contribution in [0.1, 0.15) is 21.6 Å². The van der Waals surface area contributed by atoms with Crippen LogP contribution in [0.3, 0.4) is 0 Å². The van der Waals surface area contributed by atoms with E-state index in [1.54, 1.807) is 0 Å². The van der Waals surface area contributed by atoms with Crippen molar-refractivity contribution < 1.29 is 31.1 Å². The maximum atomic E-state index is 13.5. The number of rotatable bonds is 4. The third-order valence-corrected chi connectivity index (χ3v) is 4.65. The molecule has 0 fully saturated rings. The van der Waals surface area contributed by atoms with Gasteiger partial charge in [0, 0.05) is 17.8 Å². The van der Waals surface area contributed by atoms with E-state index in [4.69, 9.17) is 5.73 Å². The van der Waals surface area contributed by atoms with Gasteiger partial charge in [0.1, 0.15) is 17.2 Å². The minimum atomic E-state index is -4.78. The molecule has 0 aromatic carbocycles. The van der Waals surface area contributed by atoms with Gasteiger partial charge in [-0.2, -0.15) is 26.3 Å². The Labute approximate surface area is 186 Å². The van der Waals surface area contributed by atoms with Crippen molar-refractivity contribution in [1.82, 2.24) is 19.9 Å². The molecule has 4 heterocycles. The number of anilines is 2. The van der Waals surface area contributed by atoms with Crippen LogP contribution in [0.2, 0.25) is 0 Å². The second-order valence-corrected chi connectivity index (χ2v) is 6.94. The molecule has 0 bridgehead atoms. The zero-order valence-electron chi connectivity index (χ0n) is 16.7. The summed E-state index contributed by atoms with van der Waals surface area (Å²) in [5.41, 5.74) is 2.30. The van der Waals surface area contributed by atoms with Crippen molar-refractivity contribution in [1.29, 1.82) is 0 Å². The van der Waals surface area contributed by atoms with Gasteiger partial charge in [-0.1, -0.05) is 0 Å². The number of carbonyl (C=O) groups is 1. The summed E-state index contributed by atoms with van der Waals surface area (Å²) < 4.78 is 78.7. The summed E-state index contributed by atoms with van der Waals surface area (Å²) in [5.74, 6) is -0.913. The zero-order valence-corrected chi connectivity index (χ0v) is 16.7. The van der Waals surface area contributed by atoms with Crippen LogP contribution in [0.5, 0.6) is 0 Å². The van der Waals surface area contributed by atoms with E-state index in [1.807, 2.05) is 0 Å². The van der Waals surface area contributed by atoms with Gasteiger partial charge < -0.3 is 11.1 Å². The fraction of sp³-hybridized carbons (Fsp3) is 0.0952. The van der Waals surface area contributed by atoms with Crippen LogP contribution in [0.4, 0.5) is 37.8 Å². The molecule has 0 unspecified atom stereocenters. The van der Waals surface area contributed by atoms with Crippen LogP contribution in [-0.2, 0) is 12.4 Å². The van der Waals surface area contributed by atoms with Gasteiger partial charge in [0.15, 0.2) is 5.65 Å². The van der Waals surface area contributed by atoms with E-state index >= 15 is 0 Å². The second-order valence-electron chi connectivity index (χ2n) is 6.94. The summed E-state index contributed by atoms with van der Waals surface area (Å²) in [7, 11) is 0. The molecule has 0 saturated carbocycles. The van der Waals surface area contributed by atoms with Gasteiger partial charge in [-0.05, 0) is 42.5 Å². The molecule has 0 aliphatic rings. The molecular weight excluding hydrogens is 466 g/mol. The summed E-state index contributed by atoms with van der Waals surface area (Å²) in [6, 6.07) is 7.70. The quantitative estimate of drug-likeness (QED) is 0.402. The molecule has 34 heavy (non-hydrogen) atoms. The van der Waals surface area contributed by atoms with E-state index in [0.717, 1.165) is 18.2 Å². The highest BCUT2D eigenvalue weighted by Crippen LogP contribution is 2.36. The van der Waals surface area contributed by atoms with Crippen molar-refractivity contribution in [3.8, 4) is 11.4 Å². The first-order chi connectivity index (χ1) is 15.9. The summed E-state index contributed by atoms with van der Waals surface area (Å²) in [6.07, 6.45) is -7.34. The molecular formula is C21H12F6N6O. The van der Waals surface area contributed by atoms with E-state index in [1.165, 1.54) is 24.4 Å². The Balaban J connectivity index is 1.75. The highest BCUT2D eigenvalue weighted by atomic mass is 19.4. The number of hydrogen-bond donors (Lipinski definition) is 2. The minimum Gasteiger partial charge on any atom is -0.364 e. The number of pyridine rings is 4. The predicted molar refractivity (Wildman–Crippen MR) is 109 cm³/mol. The van der Waals surface area contributed by atoms with Gasteiger partial charge >= 0.3 is 12.4 Å². The van der Waals surface area contributed by atoms with Crippen molar-refractivity contribution in [2.24, 2.45) is 5.73 Å². The molecule has 13 heteroatoms. The molecule has 7 nitrogen and oxygen atoms in total. The third-order valence-electron chi connectivity index (χ3n) is 4.65. The topological polar surface area (TPSA) is 107 Å². The number of halogens is 6. The largest absolute Gasteiger partial charge is 0.418 e. The monoisotopic (exact) mass is 478 g/mol. The molecule has 3 N–H and O–H groups in total. The van der Waals surface area contributed by atoms with E-state index in [0.29, 0.717) is 23.3 Å². The predicted octanol–water partition coefficient (Wildman–Crippen LogP) is 4.97. The molecule has 4 aromatic rings. The molecule has 4 rings (SSSR count). The zero-order chi connectivity index (χ0) is 24.7. The summed E-state index contributed by atoms with van der Waals surface area (Å²) >= 11 is 0. The Morgan fingerprint density at radius 3 is 2.24 bits per heavy atom. The first-order valence-electron chi connectivity index (χ1n) is 9.38. The van der Waals surface area contributed by atoms with Crippen LogP contribution in [0.15, 0.2) is 54.9 Å². The number of hydrogen-bond acceptors (Lipinski definition) is 6. The normalized spacial score (nSPS) is 12.1. The molecule has 0 aliphatic carbocycles. The van der Waals surface area contributed by atoms with Gasteiger partial charge in [-0.3, -0.25) is 4.79 Å². The number of amides is 1. The van der Waals surface area contributed by atoms with Crippen molar-refractivity contribution >= 4 is 28.4 Å². The molecule has 4 aromatic heterocycles. The Morgan fingerprint density at radius 2 is 1.62 bits per heavy atom. The lowest BCUT2D eigenvalue weighted by molar-refractivity contribution is -0.138. The Morgan fingerprint density at radius 1 is 0.853 bits per heavy atom. The molecule has 0 aliphatic heterocycles. The van der Waals surface area contributed by atoms with E-state index in [-0.39, 0.29) is 22.9 Å². The van der Waals surface area contributed by atoms with Crippen molar-refractivity contribution in [2.45, 2.75) is 12.4 Å². The average molecular weight is 478 g/mol. The lowest BCUT2D eigenvalue weighted by atomic mass is 10.1. The molecule has 0 saturated heterocycles. The van der Waals surface area contributed by atoms with E-state index < -0.39 is 35.1 Å². The lowest BCUT2D eigenvalue weighted by Crippen LogP contribution is -2.16. The second kappa shape index (κ2) is 8.24. The smallest absolute Gasteiger partial charge is 0.364 e. The Kier molecular flexibility index (Phi) is 5.55. The molecule has 0 atom stereocenters. The van der Waals surface area contributed by atoms with Crippen LogP contribution >= 0.6 is 0 Å². The highest BCUT2D eigenvalue weighted by molar-refractivity contribution is 5.93. The SMILES string of the molecule is NC(=O)c1ccc(C(F)(F)F)c(-c2ccc3c(Nc4ccc(C(F)(F)F)cn4)ccnc3n2)n1. The average Bonchev–Trinajstić information content (AvgIpc) is 2.77. The number of aromatic nitrogens is 4. The minimum absolute atomic E-state index is 0.0221. The van der Waals surface area contributed by atoms with Gasteiger partial charge in [0.25, 0.3) is 5.91 Å². The fourth-order valence-electron chi connectivity index (χ4n) is 3.06. The standard InChI is InChI=1S/C21H12F6N6O/c22-20(23,24)10-1-6-16(30-9-10)31-13-7-8-29-19-11(13)2-4-14(33-19)17-12(21(25,26)27)3-5-15(32-17)18(28)34/h1-9H,(H2,28,34)(H,29,30,31,33). The van der Waals surface area contributed by atoms with Crippen LogP contribution < -0.4 is 11.1 Å². The van der Waals surface area contributed by atoms with Crippen LogP contribution in [0.25, 0.3) is 22.4 Å². The molecule has 0 spiro atoms. The molecule has 1 amide bonds. The number of alkyl halides is 6. The van der Waals surface area contributed by atoms with Crippen molar-refractivity contribution in [2.75, 3.05) is 5.32 Å². The lowest BCUT2D eigenvalue weighted by Gasteiger charge is -2.14. The highest BCUT2D eigenvalue weighted by Gasteiger charge is 2.35. The fourth-order valence-corrected chi connectivity index (χ4v) is 3.06. The Bertz CT molecular complexity index is 1390. The number of nitrogens with one attached hydrogen (secondary N) is 1. The van der Waals surface area contributed by atoms with Crippen LogP contribution in [0, 0.1) is 0 Å². The number of primary amides is 1. The first-order valence-corrected chi connectivity index (χ1v) is 9.38. The van der Waals surface area contributed by atoms with Gasteiger partial charge in [-0.15, -0.1) is 0 Å². The van der Waals surface area contributed by atoms with Gasteiger partial charge in [0.2, 0.25) is 0 Å². The Hall–Kier alpha value is -4.29.